The Morgan fingerprint density at radius 3 is 1.46 bits per heavy atom. The van der Waals surface area contributed by atoms with Crippen LogP contribution in [0.4, 0.5) is 0 Å². The van der Waals surface area contributed by atoms with Crippen molar-refractivity contribution in [2.24, 2.45) is 0 Å². The first-order valence-corrected chi connectivity index (χ1v) is 8.29. The molecule has 24 heavy (non-hydrogen) atoms. The molecule has 8 heteroatoms. The SMILES string of the molecule is O=C(O)c1ccccc1.O=S(=O)(O)c1ccccc1.OCCCO. The van der Waals surface area contributed by atoms with E-state index < -0.39 is 16.1 Å². The van der Waals surface area contributed by atoms with Gasteiger partial charge in [-0.15, -0.1) is 0 Å². The van der Waals surface area contributed by atoms with Gasteiger partial charge < -0.3 is 15.3 Å². The summed E-state index contributed by atoms with van der Waals surface area (Å²) in [5, 5.41) is 24.2. The van der Waals surface area contributed by atoms with Crippen molar-refractivity contribution < 1.29 is 33.1 Å². The molecule has 0 atom stereocenters. The van der Waals surface area contributed by atoms with E-state index in [-0.39, 0.29) is 18.1 Å². The van der Waals surface area contributed by atoms with Crippen LogP contribution in [0.15, 0.2) is 65.6 Å². The molecule has 2 aromatic carbocycles. The molecule has 0 unspecified atom stereocenters. The monoisotopic (exact) mass is 356 g/mol. The van der Waals surface area contributed by atoms with E-state index in [9.17, 15) is 13.2 Å². The Morgan fingerprint density at radius 1 is 0.833 bits per heavy atom. The molecule has 0 spiro atoms. The van der Waals surface area contributed by atoms with Crippen molar-refractivity contribution in [2.75, 3.05) is 13.2 Å². The maximum Gasteiger partial charge on any atom is 0.335 e. The number of carboxylic acids is 1. The lowest BCUT2D eigenvalue weighted by atomic mass is 10.2. The Morgan fingerprint density at radius 2 is 1.25 bits per heavy atom. The van der Waals surface area contributed by atoms with Crippen molar-refractivity contribution in [1.82, 2.24) is 0 Å². The van der Waals surface area contributed by atoms with Gasteiger partial charge in [-0.1, -0.05) is 36.4 Å². The second kappa shape index (κ2) is 12.2. The maximum atomic E-state index is 10.4. The van der Waals surface area contributed by atoms with Crippen molar-refractivity contribution in [2.45, 2.75) is 11.3 Å². The van der Waals surface area contributed by atoms with Gasteiger partial charge in [-0.25, -0.2) is 4.79 Å². The van der Waals surface area contributed by atoms with Gasteiger partial charge in [0.1, 0.15) is 0 Å². The average molecular weight is 356 g/mol. The largest absolute Gasteiger partial charge is 0.478 e. The molecule has 0 aliphatic heterocycles. The molecule has 0 amide bonds. The molecule has 0 saturated heterocycles. The molecule has 0 radical (unpaired) electrons. The van der Waals surface area contributed by atoms with Gasteiger partial charge in [-0.3, -0.25) is 4.55 Å². The molecule has 132 valence electrons. The van der Waals surface area contributed by atoms with E-state index in [1.807, 2.05) is 0 Å². The molecular weight excluding hydrogens is 336 g/mol. The third-order valence-corrected chi connectivity index (χ3v) is 3.25. The van der Waals surface area contributed by atoms with Crippen LogP contribution in [0.3, 0.4) is 0 Å². The molecular formula is C16H20O7S. The van der Waals surface area contributed by atoms with Crippen molar-refractivity contribution in [3.63, 3.8) is 0 Å². The molecule has 0 aromatic heterocycles. The molecule has 0 aliphatic carbocycles. The van der Waals surface area contributed by atoms with Crippen molar-refractivity contribution >= 4 is 16.1 Å². The summed E-state index contributed by atoms with van der Waals surface area (Å²) in [4.78, 5) is 10.1. The summed E-state index contributed by atoms with van der Waals surface area (Å²) < 4.78 is 29.2. The van der Waals surface area contributed by atoms with Crippen LogP contribution in [0.2, 0.25) is 0 Å². The predicted molar refractivity (Wildman–Crippen MR) is 88.4 cm³/mol. The fourth-order valence-corrected chi connectivity index (χ4v) is 1.74. The van der Waals surface area contributed by atoms with Crippen molar-refractivity contribution in [3.05, 3.63) is 66.2 Å². The number of benzene rings is 2. The fraction of sp³-hybridized carbons (Fsp3) is 0.188. The molecule has 0 fully saturated rings. The number of aliphatic hydroxyl groups is 2. The standard InChI is InChI=1S/C7H6O2.C6H6O3S.C3H8O2/c8-7(9)6-4-2-1-3-5-6;7-10(8,9)6-4-2-1-3-5-6;4-2-1-3-5/h1-5H,(H,8,9);1-5H,(H,7,8,9);4-5H,1-3H2. The van der Waals surface area contributed by atoms with Gasteiger partial charge in [0.2, 0.25) is 0 Å². The highest BCUT2D eigenvalue weighted by Crippen LogP contribution is 2.05. The zero-order valence-corrected chi connectivity index (χ0v) is 13.6. The maximum absolute atomic E-state index is 10.4. The van der Waals surface area contributed by atoms with Gasteiger partial charge >= 0.3 is 5.97 Å². The predicted octanol–water partition coefficient (Wildman–Crippen LogP) is 1.68. The van der Waals surface area contributed by atoms with Gasteiger partial charge in [-0.2, -0.15) is 8.42 Å². The fourth-order valence-electron chi connectivity index (χ4n) is 1.24. The molecule has 0 bridgehead atoms. The second-order valence-electron chi connectivity index (χ2n) is 4.26. The van der Waals surface area contributed by atoms with E-state index in [0.717, 1.165) is 0 Å². The van der Waals surface area contributed by atoms with Gasteiger partial charge in [0.05, 0.1) is 10.5 Å². The first kappa shape index (κ1) is 21.7. The third-order valence-electron chi connectivity index (χ3n) is 2.38. The second-order valence-corrected chi connectivity index (χ2v) is 5.68. The lowest BCUT2D eigenvalue weighted by molar-refractivity contribution is 0.0697. The quantitative estimate of drug-likeness (QED) is 0.613. The molecule has 7 nitrogen and oxygen atoms in total. The van der Waals surface area contributed by atoms with Crippen molar-refractivity contribution in [3.8, 4) is 0 Å². The summed E-state index contributed by atoms with van der Waals surface area (Å²) in [5.74, 6) is -0.879. The topological polar surface area (TPSA) is 132 Å². The highest BCUT2D eigenvalue weighted by molar-refractivity contribution is 7.85. The minimum atomic E-state index is -4.00. The van der Waals surface area contributed by atoms with Gasteiger partial charge in [0.15, 0.2) is 0 Å². The van der Waals surface area contributed by atoms with Crippen LogP contribution < -0.4 is 0 Å². The summed E-state index contributed by atoms with van der Waals surface area (Å²) in [5.41, 5.74) is 0.331. The number of hydrogen-bond donors (Lipinski definition) is 4. The lowest BCUT2D eigenvalue weighted by Gasteiger charge is -1.92. The Balaban J connectivity index is 0.000000351. The first-order valence-electron chi connectivity index (χ1n) is 6.85. The van der Waals surface area contributed by atoms with Crippen LogP contribution in [-0.4, -0.2) is 47.5 Å². The number of rotatable bonds is 4. The Hall–Kier alpha value is -2.26. The number of aliphatic hydroxyl groups excluding tert-OH is 2. The van der Waals surface area contributed by atoms with E-state index in [1.54, 1.807) is 48.5 Å². The molecule has 4 N–H and O–H groups in total. The highest BCUT2D eigenvalue weighted by atomic mass is 32.2. The number of carboxylic acid groups (broad SMARTS) is 1. The Labute approximate surface area is 140 Å². The van der Waals surface area contributed by atoms with Crippen LogP contribution in [0, 0.1) is 0 Å². The highest BCUT2D eigenvalue weighted by Gasteiger charge is 2.05. The van der Waals surface area contributed by atoms with E-state index in [4.69, 9.17) is 19.9 Å². The number of hydrogen-bond acceptors (Lipinski definition) is 5. The van der Waals surface area contributed by atoms with E-state index in [0.29, 0.717) is 12.0 Å². The smallest absolute Gasteiger partial charge is 0.335 e. The Kier molecular flexibility index (Phi) is 11.0. The molecule has 0 heterocycles. The Bertz CT molecular complexity index is 668. The average Bonchev–Trinajstić information content (AvgIpc) is 2.58. The van der Waals surface area contributed by atoms with Crippen LogP contribution in [-0.2, 0) is 10.1 Å². The van der Waals surface area contributed by atoms with Gasteiger partial charge in [-0.05, 0) is 30.7 Å². The molecule has 2 aromatic rings. The van der Waals surface area contributed by atoms with Crippen molar-refractivity contribution in [1.29, 1.82) is 0 Å². The van der Waals surface area contributed by atoms with Gasteiger partial charge in [0, 0.05) is 13.2 Å². The molecule has 0 aliphatic rings. The van der Waals surface area contributed by atoms with Gasteiger partial charge in [0.25, 0.3) is 10.1 Å². The molecule has 0 saturated carbocycles. The summed E-state index contributed by atoms with van der Waals surface area (Å²) in [6.45, 7) is 0.188. The summed E-state index contributed by atoms with van der Waals surface area (Å²) in [6, 6.07) is 15.7. The zero-order valence-electron chi connectivity index (χ0n) is 12.8. The zero-order chi connectivity index (χ0) is 18.4. The minimum absolute atomic E-state index is 0.0741. The van der Waals surface area contributed by atoms with Crippen LogP contribution in [0.1, 0.15) is 16.8 Å². The van der Waals surface area contributed by atoms with Crippen LogP contribution in [0.25, 0.3) is 0 Å². The normalized spacial score (nSPS) is 9.79. The summed E-state index contributed by atoms with van der Waals surface area (Å²) >= 11 is 0. The lowest BCUT2D eigenvalue weighted by Crippen LogP contribution is -1.96. The molecule has 2 rings (SSSR count). The minimum Gasteiger partial charge on any atom is -0.478 e. The van der Waals surface area contributed by atoms with E-state index in [2.05, 4.69) is 0 Å². The van der Waals surface area contributed by atoms with E-state index in [1.165, 1.54) is 12.1 Å². The van der Waals surface area contributed by atoms with E-state index >= 15 is 0 Å². The third kappa shape index (κ3) is 10.5. The summed E-state index contributed by atoms with van der Waals surface area (Å²) in [6.07, 6.45) is 0.500. The number of carbonyl (C=O) groups is 1. The number of aromatic carboxylic acids is 1. The summed E-state index contributed by atoms with van der Waals surface area (Å²) in [7, 11) is -4.00. The van der Waals surface area contributed by atoms with Crippen LogP contribution >= 0.6 is 0 Å². The van der Waals surface area contributed by atoms with Crippen LogP contribution in [0.5, 0.6) is 0 Å². The first-order chi connectivity index (χ1) is 11.3.